The van der Waals surface area contributed by atoms with Crippen LogP contribution in [-0.4, -0.2) is 28.8 Å². The molecule has 0 radical (unpaired) electrons. The smallest absolute Gasteiger partial charge is 0.188 e. The van der Waals surface area contributed by atoms with E-state index in [0.717, 1.165) is 24.2 Å². The minimum Gasteiger partial charge on any atom is -0.382 e. The molecule has 7 nitrogen and oxygen atoms in total. The Kier molecular flexibility index (Phi) is 5.97. The maximum Gasteiger partial charge on any atom is 0.188 e. The summed E-state index contributed by atoms with van der Waals surface area (Å²) in [6, 6.07) is 10.1. The Labute approximate surface area is 160 Å². The van der Waals surface area contributed by atoms with Crippen LogP contribution in [0.5, 0.6) is 0 Å². The standard InChI is InChI=1S/C20H27N7/c1-14-7-9-16(10-8-14)27-19(22)17(12-21)18(26-27)6-3-11-24-20(23)25-13-15-4-2-5-15/h7-10,15H,2-6,11,13,22H2,1H3,(H3,23,24,25). The predicted molar refractivity (Wildman–Crippen MR) is 108 cm³/mol. The average Bonchev–Trinajstić information content (AvgIpc) is 2.93. The van der Waals surface area contributed by atoms with Gasteiger partial charge >= 0.3 is 0 Å². The molecule has 1 aromatic heterocycles. The number of nitrogens with two attached hydrogens (primary N) is 2. The lowest BCUT2D eigenvalue weighted by Gasteiger charge is -2.23. The lowest BCUT2D eigenvalue weighted by atomic mass is 9.86. The number of aromatic nitrogens is 2. The fourth-order valence-electron chi connectivity index (χ4n) is 3.09. The van der Waals surface area contributed by atoms with Crippen molar-refractivity contribution >= 4 is 11.8 Å². The first-order valence-corrected chi connectivity index (χ1v) is 9.46. The van der Waals surface area contributed by atoms with Gasteiger partial charge in [0.2, 0.25) is 0 Å². The van der Waals surface area contributed by atoms with Gasteiger partial charge in [-0.05, 0) is 50.7 Å². The summed E-state index contributed by atoms with van der Waals surface area (Å²) in [5.74, 6) is 1.58. The van der Waals surface area contributed by atoms with Crippen LogP contribution in [0.25, 0.3) is 5.69 Å². The van der Waals surface area contributed by atoms with Crippen molar-refractivity contribution in [1.29, 1.82) is 5.26 Å². The molecule has 0 aliphatic heterocycles. The zero-order valence-electron chi connectivity index (χ0n) is 15.8. The van der Waals surface area contributed by atoms with Gasteiger partial charge in [-0.25, -0.2) is 4.68 Å². The second kappa shape index (κ2) is 8.58. The third-order valence-electron chi connectivity index (χ3n) is 5.03. The van der Waals surface area contributed by atoms with Gasteiger partial charge in [0.15, 0.2) is 5.96 Å². The normalized spacial score (nSPS) is 14.6. The van der Waals surface area contributed by atoms with Gasteiger partial charge in [-0.3, -0.25) is 4.99 Å². The minimum atomic E-state index is 0.380. The van der Waals surface area contributed by atoms with E-state index < -0.39 is 0 Å². The molecule has 2 aromatic rings. The van der Waals surface area contributed by atoms with E-state index in [9.17, 15) is 5.26 Å². The summed E-state index contributed by atoms with van der Waals surface area (Å²) >= 11 is 0. The van der Waals surface area contributed by atoms with Gasteiger partial charge < -0.3 is 16.8 Å². The third kappa shape index (κ3) is 4.59. The van der Waals surface area contributed by atoms with Gasteiger partial charge in [0.25, 0.3) is 0 Å². The number of nitrogens with one attached hydrogen (secondary N) is 1. The topological polar surface area (TPSA) is 118 Å². The number of benzene rings is 1. The Morgan fingerprint density at radius 1 is 1.37 bits per heavy atom. The van der Waals surface area contributed by atoms with Gasteiger partial charge in [0.05, 0.1) is 11.4 Å². The van der Waals surface area contributed by atoms with Crippen LogP contribution in [0.1, 0.15) is 42.5 Å². The Morgan fingerprint density at radius 3 is 2.74 bits per heavy atom. The number of nitrogens with zero attached hydrogens (tertiary/aromatic N) is 4. The van der Waals surface area contributed by atoms with Crippen molar-refractivity contribution in [2.75, 3.05) is 18.8 Å². The van der Waals surface area contributed by atoms with E-state index in [1.165, 1.54) is 19.3 Å². The van der Waals surface area contributed by atoms with Crippen LogP contribution < -0.4 is 16.8 Å². The number of hydrogen-bond donors (Lipinski definition) is 3. The average molecular weight is 365 g/mol. The number of rotatable bonds is 7. The van der Waals surface area contributed by atoms with Crippen molar-refractivity contribution in [3.63, 3.8) is 0 Å². The van der Waals surface area contributed by atoms with Crippen molar-refractivity contribution in [2.24, 2.45) is 16.6 Å². The number of aliphatic imine (C=N–C) groups is 1. The highest BCUT2D eigenvalue weighted by atomic mass is 15.3. The molecular weight excluding hydrogens is 338 g/mol. The quantitative estimate of drug-likeness (QED) is 0.395. The SMILES string of the molecule is Cc1ccc(-n2nc(CCCNC(N)=NCC3CCC3)c(C#N)c2N)cc1. The molecule has 7 heteroatoms. The summed E-state index contributed by atoms with van der Waals surface area (Å²) in [6.45, 7) is 3.52. The summed E-state index contributed by atoms with van der Waals surface area (Å²) in [5, 5.41) is 17.1. The van der Waals surface area contributed by atoms with Crippen LogP contribution in [0, 0.1) is 24.2 Å². The summed E-state index contributed by atoms with van der Waals surface area (Å²) in [7, 11) is 0. The number of hydrogen-bond acceptors (Lipinski definition) is 4. The fourth-order valence-corrected chi connectivity index (χ4v) is 3.09. The molecule has 0 spiro atoms. The molecule has 3 rings (SSSR count). The zero-order valence-corrected chi connectivity index (χ0v) is 15.8. The highest BCUT2D eigenvalue weighted by Gasteiger charge is 2.17. The predicted octanol–water partition coefficient (Wildman–Crippen LogP) is 2.27. The summed E-state index contributed by atoms with van der Waals surface area (Å²) in [6.07, 6.45) is 5.28. The number of aryl methyl sites for hydroxylation is 2. The first kappa shape index (κ1) is 18.8. The van der Waals surface area contributed by atoms with E-state index in [-0.39, 0.29) is 0 Å². The molecule has 5 N–H and O–H groups in total. The van der Waals surface area contributed by atoms with E-state index in [2.05, 4.69) is 21.5 Å². The van der Waals surface area contributed by atoms with Crippen LogP contribution in [0.15, 0.2) is 29.3 Å². The lowest BCUT2D eigenvalue weighted by Crippen LogP contribution is -2.33. The molecule has 1 saturated carbocycles. The van der Waals surface area contributed by atoms with Gasteiger partial charge in [0, 0.05) is 13.1 Å². The second-order valence-corrected chi connectivity index (χ2v) is 7.12. The van der Waals surface area contributed by atoms with Crippen LogP contribution in [0.3, 0.4) is 0 Å². The largest absolute Gasteiger partial charge is 0.382 e. The third-order valence-corrected chi connectivity index (χ3v) is 5.03. The summed E-state index contributed by atoms with van der Waals surface area (Å²) in [5.41, 5.74) is 15.2. The molecule has 1 aliphatic carbocycles. The number of nitrogen functional groups attached to an aromatic ring is 1. The van der Waals surface area contributed by atoms with Gasteiger partial charge in [0.1, 0.15) is 17.5 Å². The van der Waals surface area contributed by atoms with E-state index in [4.69, 9.17) is 11.5 Å². The zero-order chi connectivity index (χ0) is 19.2. The lowest BCUT2D eigenvalue weighted by molar-refractivity contribution is 0.326. The Balaban J connectivity index is 1.57. The molecule has 1 fully saturated rings. The summed E-state index contributed by atoms with van der Waals surface area (Å²) < 4.78 is 1.63. The second-order valence-electron chi connectivity index (χ2n) is 7.12. The maximum atomic E-state index is 9.46. The van der Waals surface area contributed by atoms with Crippen LogP contribution in [0.2, 0.25) is 0 Å². The van der Waals surface area contributed by atoms with Crippen LogP contribution in [-0.2, 0) is 6.42 Å². The molecular formula is C20H27N7. The first-order valence-electron chi connectivity index (χ1n) is 9.46. The van der Waals surface area contributed by atoms with E-state index in [0.29, 0.717) is 41.9 Å². The Morgan fingerprint density at radius 2 is 2.11 bits per heavy atom. The molecule has 1 aromatic carbocycles. The molecule has 0 bridgehead atoms. The van der Waals surface area contributed by atoms with Crippen LogP contribution >= 0.6 is 0 Å². The number of anilines is 1. The van der Waals surface area contributed by atoms with E-state index >= 15 is 0 Å². The van der Waals surface area contributed by atoms with Crippen LogP contribution in [0.4, 0.5) is 5.82 Å². The maximum absolute atomic E-state index is 9.46. The molecule has 0 amide bonds. The summed E-state index contributed by atoms with van der Waals surface area (Å²) in [4.78, 5) is 4.38. The monoisotopic (exact) mass is 365 g/mol. The molecule has 0 saturated heterocycles. The van der Waals surface area contributed by atoms with Gasteiger partial charge in [-0.15, -0.1) is 0 Å². The van der Waals surface area contributed by atoms with Crippen molar-refractivity contribution < 1.29 is 0 Å². The van der Waals surface area contributed by atoms with Gasteiger partial charge in [-0.2, -0.15) is 10.4 Å². The van der Waals surface area contributed by atoms with E-state index in [1.807, 2.05) is 31.2 Å². The minimum absolute atomic E-state index is 0.380. The number of guanidine groups is 1. The first-order chi connectivity index (χ1) is 13.1. The molecule has 0 unspecified atom stereocenters. The van der Waals surface area contributed by atoms with Crippen molar-refractivity contribution in [1.82, 2.24) is 15.1 Å². The van der Waals surface area contributed by atoms with Gasteiger partial charge in [-0.1, -0.05) is 24.1 Å². The molecule has 1 heterocycles. The number of nitriles is 1. The Bertz CT molecular complexity index is 838. The highest BCUT2D eigenvalue weighted by Crippen LogP contribution is 2.26. The van der Waals surface area contributed by atoms with Crippen molar-refractivity contribution in [3.05, 3.63) is 41.1 Å². The van der Waals surface area contributed by atoms with E-state index in [1.54, 1.807) is 4.68 Å². The Hall–Kier alpha value is -3.01. The molecule has 142 valence electrons. The van der Waals surface area contributed by atoms with Crippen molar-refractivity contribution in [3.8, 4) is 11.8 Å². The molecule has 27 heavy (non-hydrogen) atoms. The molecule has 1 aliphatic rings. The fraction of sp³-hybridized carbons (Fsp3) is 0.450. The highest BCUT2D eigenvalue weighted by molar-refractivity contribution is 5.77. The van der Waals surface area contributed by atoms with Crippen molar-refractivity contribution in [2.45, 2.75) is 39.0 Å². The molecule has 0 atom stereocenters.